The molecule has 4 heteroatoms. The largest absolute Gasteiger partial charge is 0.481 e. The number of carboxylic acids is 1. The Morgan fingerprint density at radius 2 is 2.00 bits per heavy atom. The number of aliphatic carboxylic acids is 1. The zero-order valence-corrected chi connectivity index (χ0v) is 8.66. The highest BCUT2D eigenvalue weighted by atomic mass is 16.4. The fraction of sp³-hybridized carbons (Fsp3) is 0.889. The van der Waals surface area contributed by atoms with Crippen LogP contribution in [0.4, 0.5) is 0 Å². The smallest absolute Gasteiger partial charge is 0.304 e. The molecule has 78 valence electrons. The van der Waals surface area contributed by atoms with Gasteiger partial charge in [0.25, 0.3) is 0 Å². The molecule has 0 aliphatic carbocycles. The van der Waals surface area contributed by atoms with Gasteiger partial charge in [0.1, 0.15) is 0 Å². The zero-order valence-electron chi connectivity index (χ0n) is 8.66. The number of hydrogen-bond donors (Lipinski definition) is 2. The van der Waals surface area contributed by atoms with E-state index in [1.54, 1.807) is 0 Å². The fourth-order valence-electron chi connectivity index (χ4n) is 1.39. The van der Waals surface area contributed by atoms with Gasteiger partial charge in [0.2, 0.25) is 0 Å². The van der Waals surface area contributed by atoms with Gasteiger partial charge in [0, 0.05) is 19.1 Å². The Morgan fingerprint density at radius 3 is 2.38 bits per heavy atom. The molecule has 1 atom stereocenters. The second-order valence-corrected chi connectivity index (χ2v) is 3.97. The van der Waals surface area contributed by atoms with Crippen molar-refractivity contribution in [2.24, 2.45) is 11.7 Å². The minimum absolute atomic E-state index is 0.0441. The number of carboxylic acid groups (broad SMARTS) is 1. The molecule has 0 aliphatic heterocycles. The molecule has 0 fully saturated rings. The minimum Gasteiger partial charge on any atom is -0.481 e. The molecular formula is C9H20N2O2. The molecule has 0 amide bonds. The van der Waals surface area contributed by atoms with E-state index in [-0.39, 0.29) is 12.5 Å². The Morgan fingerprint density at radius 1 is 1.46 bits per heavy atom. The highest BCUT2D eigenvalue weighted by Gasteiger charge is 2.11. The van der Waals surface area contributed by atoms with Crippen molar-refractivity contribution in [1.82, 2.24) is 4.90 Å². The monoisotopic (exact) mass is 188 g/mol. The molecule has 0 rings (SSSR count). The molecule has 0 saturated heterocycles. The highest BCUT2D eigenvalue weighted by Crippen LogP contribution is 1.98. The molecule has 13 heavy (non-hydrogen) atoms. The SMILES string of the molecule is CC(C)CN(C)CC(N)CC(=O)O. The summed E-state index contributed by atoms with van der Waals surface area (Å²) in [5.41, 5.74) is 5.63. The van der Waals surface area contributed by atoms with E-state index in [0.717, 1.165) is 6.54 Å². The van der Waals surface area contributed by atoms with Gasteiger partial charge in [-0.25, -0.2) is 0 Å². The maximum atomic E-state index is 10.3. The number of nitrogens with two attached hydrogens (primary N) is 1. The third kappa shape index (κ3) is 7.74. The molecule has 0 bridgehead atoms. The summed E-state index contributed by atoms with van der Waals surface area (Å²) in [6.07, 6.45) is 0.0441. The van der Waals surface area contributed by atoms with E-state index in [4.69, 9.17) is 10.8 Å². The van der Waals surface area contributed by atoms with Gasteiger partial charge in [-0.3, -0.25) is 4.79 Å². The zero-order chi connectivity index (χ0) is 10.4. The van der Waals surface area contributed by atoms with Gasteiger partial charge in [-0.1, -0.05) is 13.8 Å². The average Bonchev–Trinajstić information content (AvgIpc) is 1.80. The second-order valence-electron chi connectivity index (χ2n) is 3.97. The molecule has 0 heterocycles. The minimum atomic E-state index is -0.828. The Labute approximate surface area is 79.7 Å². The highest BCUT2D eigenvalue weighted by molar-refractivity contribution is 5.67. The quantitative estimate of drug-likeness (QED) is 0.632. The van der Waals surface area contributed by atoms with Crippen molar-refractivity contribution >= 4 is 5.97 Å². The van der Waals surface area contributed by atoms with Crippen LogP contribution in [0, 0.1) is 5.92 Å². The summed E-state index contributed by atoms with van der Waals surface area (Å²) in [6, 6.07) is -0.263. The summed E-state index contributed by atoms with van der Waals surface area (Å²) in [6.45, 7) is 5.84. The Balaban J connectivity index is 3.64. The predicted molar refractivity (Wildman–Crippen MR) is 52.6 cm³/mol. The first kappa shape index (κ1) is 12.4. The van der Waals surface area contributed by atoms with E-state index in [1.165, 1.54) is 0 Å². The molecule has 0 saturated carbocycles. The van der Waals surface area contributed by atoms with Gasteiger partial charge in [-0.15, -0.1) is 0 Å². The van der Waals surface area contributed by atoms with Crippen LogP contribution in [0.5, 0.6) is 0 Å². The average molecular weight is 188 g/mol. The van der Waals surface area contributed by atoms with Crippen LogP contribution in [-0.4, -0.2) is 42.2 Å². The third-order valence-corrected chi connectivity index (χ3v) is 1.66. The van der Waals surface area contributed by atoms with Crippen LogP contribution in [-0.2, 0) is 4.79 Å². The van der Waals surface area contributed by atoms with Gasteiger partial charge in [0.15, 0.2) is 0 Å². The topological polar surface area (TPSA) is 66.6 Å². The van der Waals surface area contributed by atoms with Crippen molar-refractivity contribution in [3.63, 3.8) is 0 Å². The van der Waals surface area contributed by atoms with Crippen molar-refractivity contribution in [2.45, 2.75) is 26.3 Å². The van der Waals surface area contributed by atoms with Crippen LogP contribution < -0.4 is 5.73 Å². The number of likely N-dealkylation sites (N-methyl/N-ethyl adjacent to an activating group) is 1. The molecule has 0 radical (unpaired) electrons. The maximum absolute atomic E-state index is 10.3. The lowest BCUT2D eigenvalue weighted by molar-refractivity contribution is -0.137. The van der Waals surface area contributed by atoms with Crippen LogP contribution in [0.25, 0.3) is 0 Å². The fourth-order valence-corrected chi connectivity index (χ4v) is 1.39. The van der Waals surface area contributed by atoms with E-state index >= 15 is 0 Å². The van der Waals surface area contributed by atoms with Crippen molar-refractivity contribution in [3.05, 3.63) is 0 Å². The summed E-state index contributed by atoms with van der Waals surface area (Å²) in [7, 11) is 1.96. The van der Waals surface area contributed by atoms with Crippen LogP contribution in [0.1, 0.15) is 20.3 Å². The Hall–Kier alpha value is -0.610. The summed E-state index contributed by atoms with van der Waals surface area (Å²) in [5, 5.41) is 8.48. The van der Waals surface area contributed by atoms with Crippen molar-refractivity contribution in [2.75, 3.05) is 20.1 Å². The van der Waals surface area contributed by atoms with Gasteiger partial charge in [-0.2, -0.15) is 0 Å². The lowest BCUT2D eigenvalue weighted by atomic mass is 10.1. The molecule has 0 aromatic carbocycles. The van der Waals surface area contributed by atoms with Crippen molar-refractivity contribution in [3.8, 4) is 0 Å². The van der Waals surface area contributed by atoms with E-state index < -0.39 is 5.97 Å². The van der Waals surface area contributed by atoms with Gasteiger partial charge < -0.3 is 15.7 Å². The summed E-state index contributed by atoms with van der Waals surface area (Å²) in [4.78, 5) is 12.4. The predicted octanol–water partition coefficient (Wildman–Crippen LogP) is 0.376. The first-order chi connectivity index (χ1) is 5.91. The van der Waals surface area contributed by atoms with Crippen LogP contribution in [0.15, 0.2) is 0 Å². The summed E-state index contributed by atoms with van der Waals surface area (Å²) < 4.78 is 0. The number of carbonyl (C=O) groups is 1. The molecular weight excluding hydrogens is 168 g/mol. The van der Waals surface area contributed by atoms with E-state index in [2.05, 4.69) is 18.7 Å². The molecule has 0 aromatic rings. The molecule has 0 aromatic heterocycles. The Bertz CT molecular complexity index is 160. The molecule has 3 N–H and O–H groups in total. The molecule has 0 spiro atoms. The van der Waals surface area contributed by atoms with Crippen molar-refractivity contribution < 1.29 is 9.90 Å². The van der Waals surface area contributed by atoms with Crippen LogP contribution in [0.2, 0.25) is 0 Å². The normalized spacial score (nSPS) is 13.7. The first-order valence-electron chi connectivity index (χ1n) is 4.57. The maximum Gasteiger partial charge on any atom is 0.304 e. The van der Waals surface area contributed by atoms with Gasteiger partial charge in [-0.05, 0) is 13.0 Å². The summed E-state index contributed by atoms with van der Waals surface area (Å²) in [5.74, 6) is -0.243. The van der Waals surface area contributed by atoms with Crippen molar-refractivity contribution in [1.29, 1.82) is 0 Å². The first-order valence-corrected chi connectivity index (χ1v) is 4.57. The van der Waals surface area contributed by atoms with E-state index in [9.17, 15) is 4.79 Å². The van der Waals surface area contributed by atoms with Gasteiger partial charge in [0.05, 0.1) is 6.42 Å². The van der Waals surface area contributed by atoms with E-state index in [1.807, 2.05) is 7.05 Å². The standard InChI is InChI=1S/C9H20N2O2/c1-7(2)5-11(3)6-8(10)4-9(12)13/h7-8H,4-6,10H2,1-3H3,(H,12,13). The Kier molecular flexibility index (Phi) is 5.66. The number of rotatable bonds is 6. The van der Waals surface area contributed by atoms with Crippen LogP contribution in [0.3, 0.4) is 0 Å². The van der Waals surface area contributed by atoms with Crippen LogP contribution >= 0.6 is 0 Å². The number of hydrogen-bond acceptors (Lipinski definition) is 3. The van der Waals surface area contributed by atoms with Gasteiger partial charge >= 0.3 is 5.97 Å². The molecule has 0 aliphatic rings. The molecule has 4 nitrogen and oxygen atoms in total. The lowest BCUT2D eigenvalue weighted by Crippen LogP contribution is -2.38. The molecule has 1 unspecified atom stereocenters. The number of nitrogens with zero attached hydrogens (tertiary/aromatic N) is 1. The third-order valence-electron chi connectivity index (χ3n) is 1.66. The summed E-state index contributed by atoms with van der Waals surface area (Å²) >= 11 is 0. The lowest BCUT2D eigenvalue weighted by Gasteiger charge is -2.21. The second kappa shape index (κ2) is 5.94. The van der Waals surface area contributed by atoms with E-state index in [0.29, 0.717) is 12.5 Å².